The summed E-state index contributed by atoms with van der Waals surface area (Å²) in [5.41, 5.74) is 2.39. The van der Waals surface area contributed by atoms with Gasteiger partial charge in [-0.15, -0.1) is 0 Å². The highest BCUT2D eigenvalue weighted by atomic mass is 35.5. The fourth-order valence-electron chi connectivity index (χ4n) is 1.79. The maximum atomic E-state index is 5.87. The Bertz CT molecular complexity index is 558. The van der Waals surface area contributed by atoms with Gasteiger partial charge < -0.3 is 10.1 Å². The van der Waals surface area contributed by atoms with Gasteiger partial charge in [0.1, 0.15) is 12.4 Å². The standard InChI is InChI=1S/C16H19ClN2O/c1-12(2)19-8-13-4-3-5-14(6-13)11-20-16-7-15(17)9-18-10-16/h3-7,9-10,12,19H,8,11H2,1-2H3. The van der Waals surface area contributed by atoms with E-state index >= 15 is 0 Å². The number of aromatic nitrogens is 1. The molecule has 20 heavy (non-hydrogen) atoms. The molecule has 0 unspecified atom stereocenters. The molecule has 0 aliphatic rings. The van der Waals surface area contributed by atoms with Crippen LogP contribution in [-0.2, 0) is 13.2 Å². The van der Waals surface area contributed by atoms with Gasteiger partial charge in [0.15, 0.2) is 0 Å². The van der Waals surface area contributed by atoms with E-state index in [0.29, 0.717) is 23.4 Å². The normalized spacial score (nSPS) is 10.8. The molecule has 0 radical (unpaired) electrons. The van der Waals surface area contributed by atoms with Crippen molar-refractivity contribution in [3.63, 3.8) is 0 Å². The van der Waals surface area contributed by atoms with Gasteiger partial charge >= 0.3 is 0 Å². The Hall–Kier alpha value is -1.58. The Morgan fingerprint density at radius 3 is 2.75 bits per heavy atom. The highest BCUT2D eigenvalue weighted by molar-refractivity contribution is 6.30. The zero-order valence-corrected chi connectivity index (χ0v) is 12.5. The number of hydrogen-bond acceptors (Lipinski definition) is 3. The van der Waals surface area contributed by atoms with Crippen LogP contribution in [0.3, 0.4) is 0 Å². The third-order valence-corrected chi connectivity index (χ3v) is 3.00. The van der Waals surface area contributed by atoms with Crippen LogP contribution >= 0.6 is 11.6 Å². The first-order chi connectivity index (χ1) is 9.63. The Balaban J connectivity index is 1.94. The molecule has 4 heteroatoms. The Labute approximate surface area is 124 Å². The topological polar surface area (TPSA) is 34.1 Å². The molecule has 3 nitrogen and oxygen atoms in total. The summed E-state index contributed by atoms with van der Waals surface area (Å²) in [6.45, 7) is 5.65. The monoisotopic (exact) mass is 290 g/mol. The highest BCUT2D eigenvalue weighted by Crippen LogP contribution is 2.17. The van der Waals surface area contributed by atoms with Gasteiger partial charge in [0, 0.05) is 24.8 Å². The van der Waals surface area contributed by atoms with E-state index in [9.17, 15) is 0 Å². The molecular formula is C16H19ClN2O. The molecule has 0 saturated heterocycles. The maximum absolute atomic E-state index is 5.87. The highest BCUT2D eigenvalue weighted by Gasteiger charge is 2.00. The molecule has 0 atom stereocenters. The summed E-state index contributed by atoms with van der Waals surface area (Å²) >= 11 is 5.87. The van der Waals surface area contributed by atoms with Gasteiger partial charge in [-0.3, -0.25) is 4.98 Å². The van der Waals surface area contributed by atoms with Crippen molar-refractivity contribution in [3.8, 4) is 5.75 Å². The van der Waals surface area contributed by atoms with Crippen LogP contribution in [0.2, 0.25) is 5.02 Å². The van der Waals surface area contributed by atoms with Crippen molar-refractivity contribution < 1.29 is 4.74 Å². The molecule has 1 aromatic carbocycles. The van der Waals surface area contributed by atoms with Gasteiger partial charge in [-0.05, 0) is 11.1 Å². The molecule has 0 aliphatic carbocycles. The second-order valence-corrected chi connectivity index (χ2v) is 5.42. The zero-order chi connectivity index (χ0) is 14.4. The number of halogens is 1. The summed E-state index contributed by atoms with van der Waals surface area (Å²) in [4.78, 5) is 4.00. The van der Waals surface area contributed by atoms with E-state index in [4.69, 9.17) is 16.3 Å². The molecule has 1 aromatic heterocycles. The lowest BCUT2D eigenvalue weighted by Gasteiger charge is -2.10. The van der Waals surface area contributed by atoms with Crippen LogP contribution in [0.25, 0.3) is 0 Å². The molecule has 1 N–H and O–H groups in total. The van der Waals surface area contributed by atoms with E-state index in [1.807, 2.05) is 6.07 Å². The molecule has 2 aromatic rings. The third kappa shape index (κ3) is 4.83. The van der Waals surface area contributed by atoms with Crippen molar-refractivity contribution in [2.24, 2.45) is 0 Å². The number of ether oxygens (including phenoxy) is 1. The lowest BCUT2D eigenvalue weighted by molar-refractivity contribution is 0.305. The number of nitrogens with zero attached hydrogens (tertiary/aromatic N) is 1. The Kier molecular flexibility index (Phi) is 5.39. The van der Waals surface area contributed by atoms with Crippen molar-refractivity contribution in [1.29, 1.82) is 0 Å². The molecule has 2 rings (SSSR count). The molecule has 0 spiro atoms. The van der Waals surface area contributed by atoms with Gasteiger partial charge in [-0.25, -0.2) is 0 Å². The van der Waals surface area contributed by atoms with Crippen LogP contribution in [0.4, 0.5) is 0 Å². The van der Waals surface area contributed by atoms with E-state index in [0.717, 1.165) is 12.1 Å². The second kappa shape index (κ2) is 7.27. The third-order valence-electron chi connectivity index (χ3n) is 2.79. The van der Waals surface area contributed by atoms with E-state index in [2.05, 4.69) is 42.3 Å². The number of rotatable bonds is 6. The zero-order valence-electron chi connectivity index (χ0n) is 11.8. The maximum Gasteiger partial charge on any atom is 0.139 e. The van der Waals surface area contributed by atoms with Gasteiger partial charge in [-0.1, -0.05) is 49.7 Å². The molecule has 1 heterocycles. The number of nitrogens with one attached hydrogen (secondary N) is 1. The summed E-state index contributed by atoms with van der Waals surface area (Å²) in [5, 5.41) is 3.98. The SMILES string of the molecule is CC(C)NCc1cccc(COc2cncc(Cl)c2)c1. The van der Waals surface area contributed by atoms with Gasteiger partial charge in [0.05, 0.1) is 11.2 Å². The summed E-state index contributed by atoms with van der Waals surface area (Å²) in [7, 11) is 0. The molecule has 0 aliphatic heterocycles. The first-order valence-electron chi connectivity index (χ1n) is 6.68. The van der Waals surface area contributed by atoms with Crippen molar-refractivity contribution in [2.45, 2.75) is 33.0 Å². The fraction of sp³-hybridized carbons (Fsp3) is 0.312. The van der Waals surface area contributed by atoms with Crippen LogP contribution in [0, 0.1) is 0 Å². The molecular weight excluding hydrogens is 272 g/mol. The minimum absolute atomic E-state index is 0.479. The smallest absolute Gasteiger partial charge is 0.139 e. The largest absolute Gasteiger partial charge is 0.487 e. The minimum Gasteiger partial charge on any atom is -0.487 e. The van der Waals surface area contributed by atoms with Crippen molar-refractivity contribution in [3.05, 3.63) is 58.9 Å². The van der Waals surface area contributed by atoms with Crippen LogP contribution in [0.15, 0.2) is 42.7 Å². The molecule has 0 amide bonds. The summed E-state index contributed by atoms with van der Waals surface area (Å²) in [6.07, 6.45) is 3.25. The van der Waals surface area contributed by atoms with Gasteiger partial charge in [0.25, 0.3) is 0 Å². The Morgan fingerprint density at radius 1 is 1.20 bits per heavy atom. The van der Waals surface area contributed by atoms with Crippen molar-refractivity contribution in [1.82, 2.24) is 10.3 Å². The summed E-state index contributed by atoms with van der Waals surface area (Å²) < 4.78 is 5.69. The number of benzene rings is 1. The van der Waals surface area contributed by atoms with Crippen LogP contribution in [0.1, 0.15) is 25.0 Å². The average molecular weight is 291 g/mol. The van der Waals surface area contributed by atoms with Crippen LogP contribution in [-0.4, -0.2) is 11.0 Å². The van der Waals surface area contributed by atoms with E-state index in [-0.39, 0.29) is 0 Å². The molecule has 106 valence electrons. The Morgan fingerprint density at radius 2 is 2.00 bits per heavy atom. The van der Waals surface area contributed by atoms with E-state index < -0.39 is 0 Å². The van der Waals surface area contributed by atoms with E-state index in [1.54, 1.807) is 18.5 Å². The molecule has 0 saturated carbocycles. The first-order valence-corrected chi connectivity index (χ1v) is 7.06. The quantitative estimate of drug-likeness (QED) is 0.878. The first kappa shape index (κ1) is 14.8. The van der Waals surface area contributed by atoms with Crippen LogP contribution < -0.4 is 10.1 Å². The second-order valence-electron chi connectivity index (χ2n) is 4.98. The predicted molar refractivity (Wildman–Crippen MR) is 82.0 cm³/mol. The lowest BCUT2D eigenvalue weighted by Crippen LogP contribution is -2.21. The number of pyridine rings is 1. The summed E-state index contributed by atoms with van der Waals surface area (Å²) in [5.74, 6) is 0.684. The number of hydrogen-bond donors (Lipinski definition) is 1. The van der Waals surface area contributed by atoms with Gasteiger partial charge in [0.2, 0.25) is 0 Å². The average Bonchev–Trinajstić information content (AvgIpc) is 2.43. The lowest BCUT2D eigenvalue weighted by atomic mass is 10.1. The molecule has 0 bridgehead atoms. The predicted octanol–water partition coefficient (Wildman–Crippen LogP) is 3.81. The fourth-order valence-corrected chi connectivity index (χ4v) is 1.95. The van der Waals surface area contributed by atoms with Gasteiger partial charge in [-0.2, -0.15) is 0 Å². The van der Waals surface area contributed by atoms with Crippen molar-refractivity contribution >= 4 is 11.6 Å². The minimum atomic E-state index is 0.479. The summed E-state index contributed by atoms with van der Waals surface area (Å²) in [6, 6.07) is 10.6. The molecule has 0 fully saturated rings. The van der Waals surface area contributed by atoms with E-state index in [1.165, 1.54) is 5.56 Å². The van der Waals surface area contributed by atoms with Crippen molar-refractivity contribution in [2.75, 3.05) is 0 Å². The van der Waals surface area contributed by atoms with Crippen LogP contribution in [0.5, 0.6) is 5.75 Å².